The van der Waals surface area contributed by atoms with E-state index in [1.807, 2.05) is 6.07 Å². The lowest BCUT2D eigenvalue weighted by Gasteiger charge is -2.19. The summed E-state index contributed by atoms with van der Waals surface area (Å²) < 4.78 is 13.2. The van der Waals surface area contributed by atoms with Gasteiger partial charge in [0, 0.05) is 12.1 Å². The summed E-state index contributed by atoms with van der Waals surface area (Å²) >= 11 is 0. The van der Waals surface area contributed by atoms with Crippen LogP contribution in [0.3, 0.4) is 0 Å². The predicted octanol–water partition coefficient (Wildman–Crippen LogP) is 3.59. The van der Waals surface area contributed by atoms with Crippen molar-refractivity contribution in [1.29, 1.82) is 0 Å². The molecule has 0 fully saturated rings. The van der Waals surface area contributed by atoms with E-state index in [-0.39, 0.29) is 5.82 Å². The molecule has 0 saturated carbocycles. The zero-order valence-corrected chi connectivity index (χ0v) is 10.1. The van der Waals surface area contributed by atoms with Crippen LogP contribution in [0, 0.1) is 5.82 Å². The molecule has 1 N–H and O–H groups in total. The van der Waals surface area contributed by atoms with E-state index in [1.165, 1.54) is 24.0 Å². The molecule has 0 aliphatic heterocycles. The second kappa shape index (κ2) is 4.96. The Morgan fingerprint density at radius 1 is 1.50 bits per heavy atom. The van der Waals surface area contributed by atoms with Crippen molar-refractivity contribution in [2.75, 3.05) is 0 Å². The minimum absolute atomic E-state index is 0.115. The quantitative estimate of drug-likeness (QED) is 0.819. The van der Waals surface area contributed by atoms with E-state index in [4.69, 9.17) is 0 Å². The summed E-state index contributed by atoms with van der Waals surface area (Å²) in [6.45, 7) is 4.40. The van der Waals surface area contributed by atoms with Crippen molar-refractivity contribution in [3.05, 3.63) is 35.1 Å². The van der Waals surface area contributed by atoms with Crippen LogP contribution < -0.4 is 5.32 Å². The molecule has 0 aromatic heterocycles. The first kappa shape index (κ1) is 11.6. The molecule has 1 aromatic carbocycles. The molecular weight excluding hydrogens is 201 g/mol. The van der Waals surface area contributed by atoms with Gasteiger partial charge in [0.05, 0.1) is 0 Å². The summed E-state index contributed by atoms with van der Waals surface area (Å²) in [7, 11) is 0. The maximum Gasteiger partial charge on any atom is 0.123 e. The monoisotopic (exact) mass is 221 g/mol. The van der Waals surface area contributed by atoms with Crippen molar-refractivity contribution >= 4 is 0 Å². The van der Waals surface area contributed by atoms with E-state index in [1.54, 1.807) is 12.1 Å². The van der Waals surface area contributed by atoms with Crippen molar-refractivity contribution in [1.82, 2.24) is 5.32 Å². The maximum atomic E-state index is 13.2. The largest absolute Gasteiger partial charge is 0.307 e. The van der Waals surface area contributed by atoms with Gasteiger partial charge in [0.1, 0.15) is 5.82 Å². The van der Waals surface area contributed by atoms with Crippen LogP contribution in [0.25, 0.3) is 0 Å². The standard InChI is InChI=1S/C14H20FN/c1-3-4-10(2)16-14-8-6-11-5-7-12(15)9-13(11)14/h5,7,9-10,14,16H,3-4,6,8H2,1-2H3. The van der Waals surface area contributed by atoms with Crippen LogP contribution in [0.5, 0.6) is 0 Å². The molecular formula is C14H20FN. The third-order valence-electron chi connectivity index (χ3n) is 3.39. The minimum atomic E-state index is -0.115. The second-order valence-corrected chi connectivity index (χ2v) is 4.79. The number of benzene rings is 1. The first-order valence-corrected chi connectivity index (χ1v) is 6.25. The van der Waals surface area contributed by atoms with Crippen LogP contribution >= 0.6 is 0 Å². The minimum Gasteiger partial charge on any atom is -0.307 e. The smallest absolute Gasteiger partial charge is 0.123 e. The van der Waals surface area contributed by atoms with Gasteiger partial charge < -0.3 is 5.32 Å². The molecule has 1 aliphatic carbocycles. The number of hydrogen-bond donors (Lipinski definition) is 1. The van der Waals surface area contributed by atoms with Crippen LogP contribution in [0.2, 0.25) is 0 Å². The van der Waals surface area contributed by atoms with Crippen molar-refractivity contribution in [3.8, 4) is 0 Å². The van der Waals surface area contributed by atoms with Crippen molar-refractivity contribution in [2.45, 2.75) is 51.6 Å². The van der Waals surface area contributed by atoms with Gasteiger partial charge in [-0.1, -0.05) is 19.4 Å². The number of rotatable bonds is 4. The maximum absolute atomic E-state index is 13.2. The molecule has 0 bridgehead atoms. The second-order valence-electron chi connectivity index (χ2n) is 4.79. The molecule has 0 amide bonds. The lowest BCUT2D eigenvalue weighted by molar-refractivity contribution is 0.430. The van der Waals surface area contributed by atoms with Crippen molar-refractivity contribution in [2.24, 2.45) is 0 Å². The number of halogens is 1. The normalized spacial score (nSPS) is 20.8. The number of hydrogen-bond acceptors (Lipinski definition) is 1. The summed E-state index contributed by atoms with van der Waals surface area (Å²) in [5, 5.41) is 3.60. The van der Waals surface area contributed by atoms with Crippen molar-refractivity contribution < 1.29 is 4.39 Å². The fourth-order valence-electron chi connectivity index (χ4n) is 2.61. The van der Waals surface area contributed by atoms with E-state index < -0.39 is 0 Å². The summed E-state index contributed by atoms with van der Waals surface area (Å²) in [6, 6.07) is 6.06. The van der Waals surface area contributed by atoms with Gasteiger partial charge in [0.25, 0.3) is 0 Å². The summed E-state index contributed by atoms with van der Waals surface area (Å²) in [6.07, 6.45) is 4.55. The molecule has 16 heavy (non-hydrogen) atoms. The Hall–Kier alpha value is -0.890. The molecule has 1 aliphatic rings. The lowest BCUT2D eigenvalue weighted by atomic mass is 10.1. The van der Waals surface area contributed by atoms with E-state index >= 15 is 0 Å². The number of aryl methyl sites for hydroxylation is 1. The third kappa shape index (κ3) is 2.43. The highest BCUT2D eigenvalue weighted by Crippen LogP contribution is 2.32. The van der Waals surface area contributed by atoms with E-state index in [0.29, 0.717) is 12.1 Å². The SMILES string of the molecule is CCCC(C)NC1CCc2ccc(F)cc21. The van der Waals surface area contributed by atoms with Crippen LogP contribution in [0.4, 0.5) is 4.39 Å². The van der Waals surface area contributed by atoms with Gasteiger partial charge in [0.15, 0.2) is 0 Å². The Morgan fingerprint density at radius 2 is 2.31 bits per heavy atom. The first-order valence-electron chi connectivity index (χ1n) is 6.25. The fraction of sp³-hybridized carbons (Fsp3) is 0.571. The van der Waals surface area contributed by atoms with E-state index in [9.17, 15) is 4.39 Å². The van der Waals surface area contributed by atoms with Gasteiger partial charge in [-0.3, -0.25) is 0 Å². The average Bonchev–Trinajstić information content (AvgIpc) is 2.61. The average molecular weight is 221 g/mol. The molecule has 2 unspecified atom stereocenters. The molecule has 1 nitrogen and oxygen atoms in total. The molecule has 2 rings (SSSR count). The highest BCUT2D eigenvalue weighted by Gasteiger charge is 2.23. The van der Waals surface area contributed by atoms with E-state index in [2.05, 4.69) is 19.2 Å². The molecule has 0 radical (unpaired) electrons. The zero-order valence-electron chi connectivity index (χ0n) is 10.1. The predicted molar refractivity (Wildman–Crippen MR) is 65.0 cm³/mol. The first-order chi connectivity index (χ1) is 7.70. The number of fused-ring (bicyclic) bond motifs is 1. The Kier molecular flexibility index (Phi) is 3.59. The third-order valence-corrected chi connectivity index (χ3v) is 3.39. The molecule has 2 heteroatoms. The molecule has 1 aromatic rings. The van der Waals surface area contributed by atoms with Crippen LogP contribution in [0.1, 0.15) is 50.3 Å². The Morgan fingerprint density at radius 3 is 3.06 bits per heavy atom. The molecule has 2 atom stereocenters. The summed E-state index contributed by atoms with van der Waals surface area (Å²) in [5.74, 6) is -0.115. The molecule has 88 valence electrons. The highest BCUT2D eigenvalue weighted by atomic mass is 19.1. The number of nitrogens with one attached hydrogen (secondary N) is 1. The molecule has 0 saturated heterocycles. The molecule has 0 heterocycles. The van der Waals surface area contributed by atoms with Crippen LogP contribution in [-0.2, 0) is 6.42 Å². The summed E-state index contributed by atoms with van der Waals surface area (Å²) in [5.41, 5.74) is 2.48. The van der Waals surface area contributed by atoms with Crippen LogP contribution in [-0.4, -0.2) is 6.04 Å². The van der Waals surface area contributed by atoms with Crippen molar-refractivity contribution in [3.63, 3.8) is 0 Å². The van der Waals surface area contributed by atoms with Gasteiger partial charge in [-0.05, 0) is 49.4 Å². The Balaban J connectivity index is 2.08. The van der Waals surface area contributed by atoms with Gasteiger partial charge in [-0.2, -0.15) is 0 Å². The van der Waals surface area contributed by atoms with E-state index in [0.717, 1.165) is 12.8 Å². The van der Waals surface area contributed by atoms with Crippen LogP contribution in [0.15, 0.2) is 18.2 Å². The topological polar surface area (TPSA) is 12.0 Å². The van der Waals surface area contributed by atoms with Gasteiger partial charge in [-0.25, -0.2) is 4.39 Å². The highest BCUT2D eigenvalue weighted by molar-refractivity contribution is 5.35. The van der Waals surface area contributed by atoms with Gasteiger partial charge >= 0.3 is 0 Å². The van der Waals surface area contributed by atoms with Gasteiger partial charge in [0.2, 0.25) is 0 Å². The molecule has 0 spiro atoms. The zero-order chi connectivity index (χ0) is 11.5. The summed E-state index contributed by atoms with van der Waals surface area (Å²) in [4.78, 5) is 0. The Labute approximate surface area is 97.1 Å². The lowest BCUT2D eigenvalue weighted by Crippen LogP contribution is -2.29. The fourth-order valence-corrected chi connectivity index (χ4v) is 2.61. The van der Waals surface area contributed by atoms with Gasteiger partial charge in [-0.15, -0.1) is 0 Å². The Bertz CT molecular complexity index is 362.